The fourth-order valence-electron chi connectivity index (χ4n) is 4.48. The van der Waals surface area contributed by atoms with E-state index in [0.717, 1.165) is 45.9 Å². The standard InChI is InChI=1S/C24H25FN6O/c1-5-31-23-15-9-21(24(26)27-11-15)32-14(3)20-10-17(25)6-7-18(20)22-16(12-30(4)29-22)8-19(23)13(2)28-31/h6-7,9-12,14H,5,8H2,1-4H3,(H2,26,27). The van der Waals surface area contributed by atoms with Gasteiger partial charge in [-0.05, 0) is 45.0 Å². The van der Waals surface area contributed by atoms with Gasteiger partial charge in [-0.3, -0.25) is 9.36 Å². The van der Waals surface area contributed by atoms with Crippen molar-refractivity contribution in [2.24, 2.45) is 7.05 Å². The van der Waals surface area contributed by atoms with E-state index in [-0.39, 0.29) is 11.6 Å². The second-order valence-corrected chi connectivity index (χ2v) is 8.18. The highest BCUT2D eigenvalue weighted by Gasteiger charge is 2.25. The molecule has 0 spiro atoms. The van der Waals surface area contributed by atoms with Crippen molar-refractivity contribution in [3.63, 3.8) is 0 Å². The zero-order chi connectivity index (χ0) is 22.6. The molecule has 7 nitrogen and oxygen atoms in total. The fourth-order valence-corrected chi connectivity index (χ4v) is 4.48. The average Bonchev–Trinajstić information content (AvgIpc) is 3.28. The van der Waals surface area contributed by atoms with E-state index >= 15 is 0 Å². The van der Waals surface area contributed by atoms with E-state index in [4.69, 9.17) is 20.7 Å². The number of nitrogens with two attached hydrogens (primary N) is 1. The van der Waals surface area contributed by atoms with Crippen LogP contribution in [0.25, 0.3) is 22.5 Å². The quantitative estimate of drug-likeness (QED) is 0.481. The Kier molecular flexibility index (Phi) is 4.73. The summed E-state index contributed by atoms with van der Waals surface area (Å²) in [5.41, 5.74) is 13.4. The minimum absolute atomic E-state index is 0.287. The van der Waals surface area contributed by atoms with Gasteiger partial charge in [0.2, 0.25) is 0 Å². The van der Waals surface area contributed by atoms with Gasteiger partial charge in [-0.15, -0.1) is 0 Å². The molecule has 0 amide bonds. The zero-order valence-electron chi connectivity index (χ0n) is 18.6. The van der Waals surface area contributed by atoms with Gasteiger partial charge in [0.15, 0.2) is 11.6 Å². The lowest BCUT2D eigenvalue weighted by molar-refractivity contribution is 0.227. The Morgan fingerprint density at radius 1 is 1.25 bits per heavy atom. The van der Waals surface area contributed by atoms with Gasteiger partial charge in [0.05, 0.1) is 17.1 Å². The Bertz CT molecular complexity index is 1340. The Balaban J connectivity index is 1.84. The van der Waals surface area contributed by atoms with Crippen LogP contribution in [0.1, 0.15) is 42.3 Å². The SMILES string of the molecule is CCn1nc(C)c2c1-c1cnc(N)c(c1)OC(C)c1cc(F)ccc1-c1nn(C)cc1C2. The van der Waals surface area contributed by atoms with Crippen LogP contribution < -0.4 is 10.5 Å². The summed E-state index contributed by atoms with van der Waals surface area (Å²) in [6.45, 7) is 6.67. The Labute approximate surface area is 185 Å². The molecule has 1 aromatic carbocycles. The molecule has 1 aliphatic rings. The van der Waals surface area contributed by atoms with E-state index in [1.165, 1.54) is 12.1 Å². The van der Waals surface area contributed by atoms with Gasteiger partial charge < -0.3 is 10.5 Å². The molecule has 0 saturated heterocycles. The smallest absolute Gasteiger partial charge is 0.166 e. The molecule has 1 unspecified atom stereocenters. The average molecular weight is 433 g/mol. The Morgan fingerprint density at radius 3 is 2.84 bits per heavy atom. The van der Waals surface area contributed by atoms with Gasteiger partial charge in [0.1, 0.15) is 11.9 Å². The highest BCUT2D eigenvalue weighted by Crippen LogP contribution is 2.39. The first-order chi connectivity index (χ1) is 15.4. The van der Waals surface area contributed by atoms with Gasteiger partial charge in [-0.25, -0.2) is 9.37 Å². The highest BCUT2D eigenvalue weighted by molar-refractivity contribution is 5.72. The molecule has 0 radical (unpaired) electrons. The van der Waals surface area contributed by atoms with E-state index in [9.17, 15) is 4.39 Å². The number of rotatable bonds is 1. The van der Waals surface area contributed by atoms with Crippen LogP contribution in [0.15, 0.2) is 36.7 Å². The first kappa shape index (κ1) is 20.2. The molecule has 5 rings (SSSR count). The maximum Gasteiger partial charge on any atom is 0.166 e. The molecule has 0 saturated carbocycles. The molecule has 1 atom stereocenters. The molecule has 8 heteroatoms. The predicted molar refractivity (Wildman–Crippen MR) is 121 cm³/mol. The number of hydrogen-bond acceptors (Lipinski definition) is 5. The van der Waals surface area contributed by atoms with Crippen molar-refractivity contribution in [3.8, 4) is 28.3 Å². The van der Waals surface area contributed by atoms with Crippen LogP contribution in [0.2, 0.25) is 0 Å². The lowest BCUT2D eigenvalue weighted by Crippen LogP contribution is -2.10. The van der Waals surface area contributed by atoms with Crippen molar-refractivity contribution in [2.75, 3.05) is 5.73 Å². The van der Waals surface area contributed by atoms with Crippen molar-refractivity contribution in [3.05, 3.63) is 64.9 Å². The third-order valence-corrected chi connectivity index (χ3v) is 5.99. The molecular weight excluding hydrogens is 407 g/mol. The molecule has 4 heterocycles. The summed E-state index contributed by atoms with van der Waals surface area (Å²) in [7, 11) is 1.89. The van der Waals surface area contributed by atoms with Crippen LogP contribution in [0.3, 0.4) is 0 Å². The molecule has 32 heavy (non-hydrogen) atoms. The number of pyridine rings is 1. The number of ether oxygens (including phenoxy) is 1. The molecule has 1 aliphatic heterocycles. The largest absolute Gasteiger partial charge is 0.482 e. The summed E-state index contributed by atoms with van der Waals surface area (Å²) in [5.74, 6) is 0.417. The molecule has 3 aromatic heterocycles. The van der Waals surface area contributed by atoms with E-state index in [2.05, 4.69) is 11.9 Å². The maximum atomic E-state index is 14.3. The van der Waals surface area contributed by atoms with Crippen molar-refractivity contribution < 1.29 is 9.13 Å². The topological polar surface area (TPSA) is 83.8 Å². The summed E-state index contributed by atoms with van der Waals surface area (Å²) in [5, 5.41) is 9.50. The predicted octanol–water partition coefficient (Wildman–Crippen LogP) is 4.44. The normalized spacial score (nSPS) is 15.1. The fraction of sp³-hybridized carbons (Fsp3) is 0.292. The number of nitrogens with zero attached hydrogens (tertiary/aromatic N) is 5. The number of hydrogen-bond donors (Lipinski definition) is 1. The summed E-state index contributed by atoms with van der Waals surface area (Å²) >= 11 is 0. The lowest BCUT2D eigenvalue weighted by atomic mass is 9.94. The number of anilines is 1. The summed E-state index contributed by atoms with van der Waals surface area (Å²) in [6.07, 6.45) is 3.93. The number of benzene rings is 1. The number of aromatic nitrogens is 5. The van der Waals surface area contributed by atoms with Crippen molar-refractivity contribution in [2.45, 2.75) is 39.8 Å². The summed E-state index contributed by atoms with van der Waals surface area (Å²) in [6, 6.07) is 6.63. The van der Waals surface area contributed by atoms with Gasteiger partial charge in [0, 0.05) is 60.2 Å². The minimum atomic E-state index is -0.466. The van der Waals surface area contributed by atoms with E-state index in [1.807, 2.05) is 37.8 Å². The van der Waals surface area contributed by atoms with Gasteiger partial charge in [0.25, 0.3) is 0 Å². The molecule has 164 valence electrons. The second kappa shape index (κ2) is 7.47. The van der Waals surface area contributed by atoms with Gasteiger partial charge in [-0.2, -0.15) is 10.2 Å². The van der Waals surface area contributed by atoms with Gasteiger partial charge in [-0.1, -0.05) is 0 Å². The second-order valence-electron chi connectivity index (χ2n) is 8.18. The monoisotopic (exact) mass is 432 g/mol. The Morgan fingerprint density at radius 2 is 2.06 bits per heavy atom. The van der Waals surface area contributed by atoms with Crippen LogP contribution in [0.4, 0.5) is 10.2 Å². The summed E-state index contributed by atoms with van der Waals surface area (Å²) in [4.78, 5) is 4.39. The van der Waals surface area contributed by atoms with Gasteiger partial charge >= 0.3 is 0 Å². The first-order valence-electron chi connectivity index (χ1n) is 10.7. The van der Waals surface area contributed by atoms with Crippen LogP contribution >= 0.6 is 0 Å². The minimum Gasteiger partial charge on any atom is -0.482 e. The number of halogens is 1. The van der Waals surface area contributed by atoms with Crippen molar-refractivity contribution >= 4 is 5.82 Å². The highest BCUT2D eigenvalue weighted by atomic mass is 19.1. The van der Waals surface area contributed by atoms with E-state index < -0.39 is 6.10 Å². The molecule has 0 fully saturated rings. The Hall–Kier alpha value is -3.68. The molecule has 2 N–H and O–H groups in total. The zero-order valence-corrected chi connectivity index (χ0v) is 18.6. The molecule has 2 bridgehead atoms. The molecule has 0 aliphatic carbocycles. The number of fused-ring (bicyclic) bond motifs is 7. The molecular formula is C24H25FN6O. The third kappa shape index (κ3) is 3.23. The summed E-state index contributed by atoms with van der Waals surface area (Å²) < 4.78 is 24.3. The van der Waals surface area contributed by atoms with Crippen LogP contribution in [0.5, 0.6) is 5.75 Å². The lowest BCUT2D eigenvalue weighted by Gasteiger charge is -2.21. The van der Waals surface area contributed by atoms with Crippen molar-refractivity contribution in [1.29, 1.82) is 0 Å². The number of aryl methyl sites for hydroxylation is 3. The van der Waals surface area contributed by atoms with Crippen molar-refractivity contribution in [1.82, 2.24) is 24.5 Å². The first-order valence-corrected chi connectivity index (χ1v) is 10.7. The molecule has 4 aromatic rings. The van der Waals surface area contributed by atoms with Crippen LogP contribution in [0, 0.1) is 12.7 Å². The number of nitrogen functional groups attached to an aromatic ring is 1. The maximum absolute atomic E-state index is 14.3. The third-order valence-electron chi connectivity index (χ3n) is 5.99. The van der Waals surface area contributed by atoms with Crippen LogP contribution in [-0.4, -0.2) is 24.5 Å². The van der Waals surface area contributed by atoms with E-state index in [0.29, 0.717) is 17.7 Å². The van der Waals surface area contributed by atoms with Crippen LogP contribution in [-0.2, 0) is 20.0 Å². The van der Waals surface area contributed by atoms with E-state index in [1.54, 1.807) is 16.9 Å².